The van der Waals surface area contributed by atoms with Gasteiger partial charge < -0.3 is 16.0 Å². The largest absolute Gasteiger partial charge is 0.399 e. The molecule has 0 bridgehead atoms. The van der Waals surface area contributed by atoms with Crippen molar-refractivity contribution in [2.75, 3.05) is 43.2 Å². The lowest BCUT2D eigenvalue weighted by Crippen LogP contribution is -2.18. The molecule has 0 saturated heterocycles. The van der Waals surface area contributed by atoms with Gasteiger partial charge in [-0.05, 0) is 38.4 Å². The Morgan fingerprint density at radius 3 is 2.59 bits per heavy atom. The minimum atomic E-state index is 0.0264. The van der Waals surface area contributed by atoms with Crippen molar-refractivity contribution in [2.45, 2.75) is 0 Å². The highest BCUT2D eigenvalue weighted by Gasteiger charge is 2.02. The molecule has 3 N–H and O–H groups in total. The minimum Gasteiger partial charge on any atom is -0.399 e. The van der Waals surface area contributed by atoms with Gasteiger partial charge in [0.05, 0.1) is 5.75 Å². The molecule has 5 heteroatoms. The molecule has 0 saturated carbocycles. The van der Waals surface area contributed by atoms with Crippen LogP contribution in [0.25, 0.3) is 0 Å². The number of nitrogens with zero attached hydrogens (tertiary/aromatic N) is 1. The Balaban J connectivity index is 2.23. The van der Waals surface area contributed by atoms with E-state index in [1.807, 2.05) is 14.1 Å². The first-order valence-electron chi connectivity index (χ1n) is 5.46. The average molecular weight is 253 g/mol. The number of carbonyl (C=O) groups excluding carboxylic acids is 1. The van der Waals surface area contributed by atoms with Gasteiger partial charge in [0, 0.05) is 23.7 Å². The fourth-order valence-electron chi connectivity index (χ4n) is 1.18. The number of carbonyl (C=O) groups is 1. The monoisotopic (exact) mass is 253 g/mol. The molecule has 0 unspecified atom stereocenters. The topological polar surface area (TPSA) is 58.4 Å². The van der Waals surface area contributed by atoms with Crippen LogP contribution in [0.4, 0.5) is 11.4 Å². The van der Waals surface area contributed by atoms with E-state index in [1.165, 1.54) is 0 Å². The van der Waals surface area contributed by atoms with E-state index in [1.54, 1.807) is 36.0 Å². The van der Waals surface area contributed by atoms with Gasteiger partial charge in [-0.3, -0.25) is 4.79 Å². The van der Waals surface area contributed by atoms with Crippen molar-refractivity contribution in [3.05, 3.63) is 24.3 Å². The third-order valence-electron chi connectivity index (χ3n) is 2.11. The third kappa shape index (κ3) is 6.19. The molecule has 0 aliphatic heterocycles. The summed E-state index contributed by atoms with van der Waals surface area (Å²) >= 11 is 1.63. The van der Waals surface area contributed by atoms with E-state index in [9.17, 15) is 4.79 Å². The zero-order valence-corrected chi connectivity index (χ0v) is 11.1. The van der Waals surface area contributed by atoms with Crippen LogP contribution in [0, 0.1) is 0 Å². The summed E-state index contributed by atoms with van der Waals surface area (Å²) in [7, 11) is 4.05. The first kappa shape index (κ1) is 13.9. The zero-order chi connectivity index (χ0) is 12.7. The molecule has 0 aliphatic carbocycles. The summed E-state index contributed by atoms with van der Waals surface area (Å²) in [4.78, 5) is 13.7. The Labute approximate surface area is 107 Å². The maximum Gasteiger partial charge on any atom is 0.234 e. The molecule has 0 fully saturated rings. The molecular formula is C12H19N3OS. The summed E-state index contributed by atoms with van der Waals surface area (Å²) < 4.78 is 0. The van der Waals surface area contributed by atoms with E-state index in [4.69, 9.17) is 5.73 Å². The van der Waals surface area contributed by atoms with Gasteiger partial charge in [0.1, 0.15) is 0 Å². The number of nitrogens with two attached hydrogens (primary N) is 1. The Kier molecular flexibility index (Phi) is 5.86. The van der Waals surface area contributed by atoms with Crippen LogP contribution in [0.2, 0.25) is 0 Å². The molecule has 0 spiro atoms. The number of anilines is 2. The summed E-state index contributed by atoms with van der Waals surface area (Å²) in [6.45, 7) is 0.986. The van der Waals surface area contributed by atoms with Gasteiger partial charge >= 0.3 is 0 Å². The second-order valence-electron chi connectivity index (χ2n) is 4.03. The number of nitrogen functional groups attached to an aromatic ring is 1. The van der Waals surface area contributed by atoms with E-state index in [0.29, 0.717) is 11.4 Å². The number of rotatable bonds is 6. The van der Waals surface area contributed by atoms with Crippen molar-refractivity contribution in [3.63, 3.8) is 0 Å². The van der Waals surface area contributed by atoms with Gasteiger partial charge in [0.25, 0.3) is 0 Å². The van der Waals surface area contributed by atoms with E-state index in [0.717, 1.165) is 18.0 Å². The van der Waals surface area contributed by atoms with Crippen LogP contribution in [0.15, 0.2) is 24.3 Å². The number of hydrogen-bond acceptors (Lipinski definition) is 4. The third-order valence-corrected chi connectivity index (χ3v) is 3.05. The second kappa shape index (κ2) is 7.19. The Hall–Kier alpha value is -1.20. The normalized spacial score (nSPS) is 10.5. The van der Waals surface area contributed by atoms with Gasteiger partial charge in [0.15, 0.2) is 0 Å². The maximum atomic E-state index is 11.6. The summed E-state index contributed by atoms with van der Waals surface area (Å²) in [5, 5.41) is 2.83. The number of thioether (sulfide) groups is 1. The molecule has 1 aromatic rings. The van der Waals surface area contributed by atoms with E-state index >= 15 is 0 Å². The molecule has 4 nitrogen and oxygen atoms in total. The van der Waals surface area contributed by atoms with E-state index in [2.05, 4.69) is 10.2 Å². The first-order chi connectivity index (χ1) is 8.08. The highest BCUT2D eigenvalue weighted by molar-refractivity contribution is 7.99. The zero-order valence-electron chi connectivity index (χ0n) is 10.3. The molecule has 0 atom stereocenters. The van der Waals surface area contributed by atoms with Crippen molar-refractivity contribution in [2.24, 2.45) is 0 Å². The smallest absolute Gasteiger partial charge is 0.234 e. The van der Waals surface area contributed by atoms with Gasteiger partial charge in [0.2, 0.25) is 5.91 Å². The summed E-state index contributed by atoms with van der Waals surface area (Å²) in [5.41, 5.74) is 7.05. The molecule has 1 rings (SSSR count). The summed E-state index contributed by atoms with van der Waals surface area (Å²) in [6, 6.07) is 7.15. The van der Waals surface area contributed by atoms with Crippen molar-refractivity contribution in [1.29, 1.82) is 0 Å². The number of amides is 1. The fourth-order valence-corrected chi connectivity index (χ4v) is 2.07. The van der Waals surface area contributed by atoms with E-state index < -0.39 is 0 Å². The predicted molar refractivity (Wildman–Crippen MR) is 75.4 cm³/mol. The van der Waals surface area contributed by atoms with Crippen LogP contribution in [0.1, 0.15) is 0 Å². The van der Waals surface area contributed by atoms with Gasteiger partial charge in [-0.25, -0.2) is 0 Å². The van der Waals surface area contributed by atoms with Crippen LogP contribution in [-0.2, 0) is 4.79 Å². The SMILES string of the molecule is CN(C)CCSCC(=O)Nc1ccc(N)cc1. The van der Waals surface area contributed by atoms with Crippen LogP contribution in [0.3, 0.4) is 0 Å². The number of benzene rings is 1. The minimum absolute atomic E-state index is 0.0264. The molecule has 0 aromatic heterocycles. The molecule has 17 heavy (non-hydrogen) atoms. The lowest BCUT2D eigenvalue weighted by Gasteiger charge is -2.09. The maximum absolute atomic E-state index is 11.6. The predicted octanol–water partition coefficient (Wildman–Crippen LogP) is 1.50. The van der Waals surface area contributed by atoms with Crippen LogP contribution in [0.5, 0.6) is 0 Å². The number of nitrogens with one attached hydrogen (secondary N) is 1. The van der Waals surface area contributed by atoms with Crippen molar-refractivity contribution < 1.29 is 4.79 Å². The highest BCUT2D eigenvalue weighted by Crippen LogP contribution is 2.11. The molecule has 94 valence electrons. The first-order valence-corrected chi connectivity index (χ1v) is 6.61. The lowest BCUT2D eigenvalue weighted by molar-refractivity contribution is -0.113. The van der Waals surface area contributed by atoms with Crippen molar-refractivity contribution in [3.8, 4) is 0 Å². The summed E-state index contributed by atoms with van der Waals surface area (Å²) in [5.74, 6) is 1.47. The Morgan fingerprint density at radius 2 is 2.00 bits per heavy atom. The average Bonchev–Trinajstić information content (AvgIpc) is 2.27. The molecule has 1 amide bonds. The standard InChI is InChI=1S/C12H19N3OS/c1-15(2)7-8-17-9-12(16)14-11-5-3-10(13)4-6-11/h3-6H,7-9,13H2,1-2H3,(H,14,16). The van der Waals surface area contributed by atoms with Crippen molar-refractivity contribution >= 4 is 29.0 Å². The molecule has 0 radical (unpaired) electrons. The van der Waals surface area contributed by atoms with Crippen LogP contribution in [-0.4, -0.2) is 43.0 Å². The highest BCUT2D eigenvalue weighted by atomic mass is 32.2. The molecular weight excluding hydrogens is 234 g/mol. The second-order valence-corrected chi connectivity index (χ2v) is 5.13. The van der Waals surface area contributed by atoms with Crippen LogP contribution >= 0.6 is 11.8 Å². The van der Waals surface area contributed by atoms with E-state index in [-0.39, 0.29) is 5.91 Å². The Morgan fingerprint density at radius 1 is 1.35 bits per heavy atom. The molecule has 1 aromatic carbocycles. The molecule has 0 aliphatic rings. The molecule has 0 heterocycles. The van der Waals surface area contributed by atoms with Gasteiger partial charge in [-0.1, -0.05) is 0 Å². The summed E-state index contributed by atoms with van der Waals surface area (Å²) in [6.07, 6.45) is 0. The Bertz CT molecular complexity index is 351. The van der Waals surface area contributed by atoms with Gasteiger partial charge in [-0.2, -0.15) is 11.8 Å². The quantitative estimate of drug-likeness (QED) is 0.596. The lowest BCUT2D eigenvalue weighted by atomic mass is 10.3. The fraction of sp³-hybridized carbons (Fsp3) is 0.417. The number of hydrogen-bond donors (Lipinski definition) is 2. The van der Waals surface area contributed by atoms with Crippen LogP contribution < -0.4 is 11.1 Å². The van der Waals surface area contributed by atoms with Crippen molar-refractivity contribution in [1.82, 2.24) is 4.90 Å². The van der Waals surface area contributed by atoms with Gasteiger partial charge in [-0.15, -0.1) is 0 Å².